The summed E-state index contributed by atoms with van der Waals surface area (Å²) in [6.45, 7) is 0. The van der Waals surface area contributed by atoms with E-state index in [2.05, 4.69) is 4.98 Å². The van der Waals surface area contributed by atoms with E-state index in [1.807, 2.05) is 0 Å². The van der Waals surface area contributed by atoms with Gasteiger partial charge in [-0.25, -0.2) is 0 Å². The molecule has 0 radical (unpaired) electrons. The first-order valence-corrected chi connectivity index (χ1v) is 5.05. The van der Waals surface area contributed by atoms with Gasteiger partial charge in [0.25, 0.3) is 0 Å². The molecule has 18 heavy (non-hydrogen) atoms. The summed E-state index contributed by atoms with van der Waals surface area (Å²) in [4.78, 5) is 14.5. The summed E-state index contributed by atoms with van der Waals surface area (Å²) in [5, 5.41) is 8.93. The molecule has 1 aromatic carbocycles. The Morgan fingerprint density at radius 1 is 1.22 bits per heavy atom. The monoisotopic (exact) mass is 255 g/mol. The summed E-state index contributed by atoms with van der Waals surface area (Å²) in [6, 6.07) is 6.02. The SMILES string of the molecule is O=C(O)Cc1ccc2cc(C(F)(F)F)ccc2n1. The molecule has 94 valence electrons. The predicted octanol–water partition coefficient (Wildman–Crippen LogP) is 2.88. The fourth-order valence-electron chi connectivity index (χ4n) is 1.60. The number of hydrogen-bond donors (Lipinski definition) is 1. The number of aliphatic carboxylic acids is 1. The summed E-state index contributed by atoms with van der Waals surface area (Å²) in [6.07, 6.45) is -4.65. The first-order chi connectivity index (χ1) is 8.36. The maximum Gasteiger partial charge on any atom is 0.416 e. The van der Waals surface area contributed by atoms with Gasteiger partial charge in [-0.05, 0) is 24.3 Å². The Hall–Kier alpha value is -2.11. The van der Waals surface area contributed by atoms with Gasteiger partial charge >= 0.3 is 12.1 Å². The molecule has 0 saturated heterocycles. The van der Waals surface area contributed by atoms with Gasteiger partial charge in [0.05, 0.1) is 23.2 Å². The Morgan fingerprint density at radius 3 is 2.56 bits per heavy atom. The van der Waals surface area contributed by atoms with Crippen LogP contribution in [0, 0.1) is 0 Å². The molecule has 0 aliphatic rings. The lowest BCUT2D eigenvalue weighted by Gasteiger charge is -2.07. The number of nitrogens with zero attached hydrogens (tertiary/aromatic N) is 1. The zero-order valence-corrected chi connectivity index (χ0v) is 9.03. The van der Waals surface area contributed by atoms with Crippen LogP contribution in [0.3, 0.4) is 0 Å². The number of hydrogen-bond acceptors (Lipinski definition) is 2. The molecule has 0 spiro atoms. The summed E-state index contributed by atoms with van der Waals surface area (Å²) >= 11 is 0. The number of alkyl halides is 3. The number of fused-ring (bicyclic) bond motifs is 1. The second-order valence-electron chi connectivity index (χ2n) is 3.78. The number of rotatable bonds is 2. The second-order valence-corrected chi connectivity index (χ2v) is 3.78. The summed E-state index contributed by atoms with van der Waals surface area (Å²) in [5.74, 6) is -1.03. The maximum absolute atomic E-state index is 12.5. The molecule has 0 amide bonds. The van der Waals surface area contributed by atoms with Crippen LogP contribution in [0.5, 0.6) is 0 Å². The Balaban J connectivity index is 2.45. The number of benzene rings is 1. The number of halogens is 3. The van der Waals surface area contributed by atoms with Crippen LogP contribution in [0.4, 0.5) is 13.2 Å². The minimum atomic E-state index is -4.39. The third-order valence-corrected chi connectivity index (χ3v) is 2.41. The molecule has 2 aromatic rings. The third-order valence-electron chi connectivity index (χ3n) is 2.41. The molecular weight excluding hydrogens is 247 g/mol. The van der Waals surface area contributed by atoms with Crippen molar-refractivity contribution in [3.8, 4) is 0 Å². The van der Waals surface area contributed by atoms with Gasteiger partial charge in [-0.3, -0.25) is 9.78 Å². The van der Waals surface area contributed by atoms with E-state index in [0.717, 1.165) is 12.1 Å². The molecule has 0 aliphatic heterocycles. The van der Waals surface area contributed by atoms with Crippen LogP contribution in [0.1, 0.15) is 11.3 Å². The molecule has 1 heterocycles. The van der Waals surface area contributed by atoms with Gasteiger partial charge in [0.1, 0.15) is 0 Å². The van der Waals surface area contributed by atoms with E-state index in [9.17, 15) is 18.0 Å². The fourth-order valence-corrected chi connectivity index (χ4v) is 1.60. The van der Waals surface area contributed by atoms with E-state index < -0.39 is 17.7 Å². The van der Waals surface area contributed by atoms with Crippen LogP contribution in [0.25, 0.3) is 10.9 Å². The number of carbonyl (C=O) groups is 1. The molecule has 3 nitrogen and oxygen atoms in total. The van der Waals surface area contributed by atoms with Crippen molar-refractivity contribution in [2.45, 2.75) is 12.6 Å². The molecule has 0 saturated carbocycles. The molecule has 1 aromatic heterocycles. The topological polar surface area (TPSA) is 50.2 Å². The zero-order valence-electron chi connectivity index (χ0n) is 9.03. The number of aromatic nitrogens is 1. The van der Waals surface area contributed by atoms with Crippen molar-refractivity contribution in [3.05, 3.63) is 41.6 Å². The van der Waals surface area contributed by atoms with E-state index in [4.69, 9.17) is 5.11 Å². The van der Waals surface area contributed by atoms with Gasteiger partial charge < -0.3 is 5.11 Å². The standard InChI is InChI=1S/C12H8F3NO2/c13-12(14,15)8-2-4-10-7(5-8)1-3-9(16-10)6-11(17)18/h1-5H,6H2,(H,17,18). The molecule has 0 atom stereocenters. The van der Waals surface area contributed by atoms with Crippen LogP contribution in [0.15, 0.2) is 30.3 Å². The van der Waals surface area contributed by atoms with Gasteiger partial charge in [0.15, 0.2) is 0 Å². The molecule has 0 aliphatic carbocycles. The highest BCUT2D eigenvalue weighted by molar-refractivity contribution is 5.80. The normalized spacial score (nSPS) is 11.7. The smallest absolute Gasteiger partial charge is 0.416 e. The van der Waals surface area contributed by atoms with E-state index >= 15 is 0 Å². The summed E-state index contributed by atoms with van der Waals surface area (Å²) in [7, 11) is 0. The molecule has 0 bridgehead atoms. The van der Waals surface area contributed by atoms with Crippen molar-refractivity contribution < 1.29 is 23.1 Å². The fraction of sp³-hybridized carbons (Fsp3) is 0.167. The zero-order chi connectivity index (χ0) is 13.3. The number of carboxylic acid groups (broad SMARTS) is 1. The first-order valence-electron chi connectivity index (χ1n) is 5.05. The highest BCUT2D eigenvalue weighted by Crippen LogP contribution is 2.31. The summed E-state index contributed by atoms with van der Waals surface area (Å²) < 4.78 is 37.4. The molecular formula is C12H8F3NO2. The minimum Gasteiger partial charge on any atom is -0.481 e. The van der Waals surface area contributed by atoms with Crippen molar-refractivity contribution in [1.29, 1.82) is 0 Å². The third kappa shape index (κ3) is 2.58. The van der Waals surface area contributed by atoms with Crippen molar-refractivity contribution >= 4 is 16.9 Å². The van der Waals surface area contributed by atoms with Crippen LogP contribution in [-0.2, 0) is 17.4 Å². The number of carboxylic acids is 1. The van der Waals surface area contributed by atoms with Crippen molar-refractivity contribution in [3.63, 3.8) is 0 Å². The molecule has 6 heteroatoms. The Labute approximate surface area is 99.9 Å². The second kappa shape index (κ2) is 4.29. The first kappa shape index (κ1) is 12.3. The Kier molecular flexibility index (Phi) is 2.94. The van der Waals surface area contributed by atoms with Crippen LogP contribution < -0.4 is 0 Å². The van der Waals surface area contributed by atoms with Crippen LogP contribution in [-0.4, -0.2) is 16.1 Å². The Morgan fingerprint density at radius 2 is 1.94 bits per heavy atom. The van der Waals surface area contributed by atoms with E-state index in [1.54, 1.807) is 0 Å². The quantitative estimate of drug-likeness (QED) is 0.897. The lowest BCUT2D eigenvalue weighted by molar-refractivity contribution is -0.138. The van der Waals surface area contributed by atoms with Gasteiger partial charge in [-0.15, -0.1) is 0 Å². The molecule has 0 fully saturated rings. The Bertz CT molecular complexity index is 608. The van der Waals surface area contributed by atoms with Gasteiger partial charge in [0, 0.05) is 5.39 Å². The highest BCUT2D eigenvalue weighted by Gasteiger charge is 2.30. The lowest BCUT2D eigenvalue weighted by Crippen LogP contribution is -2.05. The van der Waals surface area contributed by atoms with Crippen LogP contribution >= 0.6 is 0 Å². The van der Waals surface area contributed by atoms with Crippen LogP contribution in [0.2, 0.25) is 0 Å². The van der Waals surface area contributed by atoms with Gasteiger partial charge in [-0.2, -0.15) is 13.2 Å². The highest BCUT2D eigenvalue weighted by atomic mass is 19.4. The maximum atomic E-state index is 12.5. The van der Waals surface area contributed by atoms with Gasteiger partial charge in [0.2, 0.25) is 0 Å². The molecule has 2 rings (SSSR count). The van der Waals surface area contributed by atoms with Crippen molar-refractivity contribution in [1.82, 2.24) is 4.98 Å². The largest absolute Gasteiger partial charge is 0.481 e. The van der Waals surface area contributed by atoms with E-state index in [1.165, 1.54) is 18.2 Å². The molecule has 0 unspecified atom stereocenters. The van der Waals surface area contributed by atoms with E-state index in [-0.39, 0.29) is 6.42 Å². The average Bonchev–Trinajstić information content (AvgIpc) is 2.26. The minimum absolute atomic E-state index is 0.253. The summed E-state index contributed by atoms with van der Waals surface area (Å²) in [5.41, 5.74) is -0.0840. The average molecular weight is 255 g/mol. The van der Waals surface area contributed by atoms with E-state index in [0.29, 0.717) is 16.6 Å². The lowest BCUT2D eigenvalue weighted by atomic mass is 10.1. The van der Waals surface area contributed by atoms with Crippen molar-refractivity contribution in [2.75, 3.05) is 0 Å². The van der Waals surface area contributed by atoms with Crippen molar-refractivity contribution in [2.24, 2.45) is 0 Å². The number of pyridine rings is 1. The predicted molar refractivity (Wildman–Crippen MR) is 58.1 cm³/mol. The molecule has 1 N–H and O–H groups in total. The van der Waals surface area contributed by atoms with Gasteiger partial charge in [-0.1, -0.05) is 6.07 Å².